The molecule has 0 saturated heterocycles. The molecule has 0 amide bonds. The van der Waals surface area contributed by atoms with E-state index < -0.39 is 30.6 Å². The third kappa shape index (κ3) is 4.32. The maximum Gasteiger partial charge on any atom is 0.295 e. The van der Waals surface area contributed by atoms with Crippen molar-refractivity contribution in [3.63, 3.8) is 0 Å². The second-order valence-corrected chi connectivity index (χ2v) is 9.28. The summed E-state index contributed by atoms with van der Waals surface area (Å²) in [5.41, 5.74) is 1.52. The van der Waals surface area contributed by atoms with Gasteiger partial charge < -0.3 is 15.2 Å². The fourth-order valence-corrected chi connectivity index (χ4v) is 4.51. The van der Waals surface area contributed by atoms with Gasteiger partial charge in [0.2, 0.25) is 0 Å². The molecule has 0 aliphatic heterocycles. The Hall–Kier alpha value is -3.47. The quantitative estimate of drug-likeness (QED) is 0.335. The number of alkyl halides is 4. The lowest BCUT2D eigenvalue weighted by Gasteiger charge is -2.35. The highest BCUT2D eigenvalue weighted by Crippen LogP contribution is 2.43. The van der Waals surface area contributed by atoms with Gasteiger partial charge in [-0.25, -0.2) is 18.7 Å². The smallest absolute Gasteiger partial charge is 0.295 e. The topological polar surface area (TPSA) is 85.1 Å². The fraction of sp³-hybridized carbons (Fsp3) is 0.400. The Balaban J connectivity index is 1.56. The van der Waals surface area contributed by atoms with Crippen molar-refractivity contribution in [2.45, 2.75) is 50.7 Å². The molecule has 0 spiro atoms. The maximum atomic E-state index is 14.0. The Kier molecular flexibility index (Phi) is 5.77. The summed E-state index contributed by atoms with van der Waals surface area (Å²) in [7, 11) is 1.74. The van der Waals surface area contributed by atoms with Crippen LogP contribution in [0.3, 0.4) is 0 Å². The van der Waals surface area contributed by atoms with Gasteiger partial charge in [0.15, 0.2) is 0 Å². The predicted octanol–water partition coefficient (Wildman–Crippen LogP) is 5.26. The Morgan fingerprint density at radius 3 is 2.67 bits per heavy atom. The van der Waals surface area contributed by atoms with Crippen LogP contribution in [0.5, 0.6) is 5.75 Å². The van der Waals surface area contributed by atoms with E-state index in [9.17, 15) is 17.6 Å². The van der Waals surface area contributed by atoms with Crippen LogP contribution in [0.1, 0.15) is 42.8 Å². The van der Waals surface area contributed by atoms with E-state index in [2.05, 4.69) is 20.4 Å². The molecule has 36 heavy (non-hydrogen) atoms. The molecule has 5 rings (SSSR count). The summed E-state index contributed by atoms with van der Waals surface area (Å²) < 4.78 is 62.5. The minimum atomic E-state index is -3.36. The summed E-state index contributed by atoms with van der Waals surface area (Å²) in [5.74, 6) is -4.76. The minimum absolute atomic E-state index is 0.287. The Morgan fingerprint density at radius 1 is 1.22 bits per heavy atom. The zero-order chi connectivity index (χ0) is 25.8. The van der Waals surface area contributed by atoms with Crippen molar-refractivity contribution in [3.05, 3.63) is 53.5 Å². The van der Waals surface area contributed by atoms with E-state index in [0.29, 0.717) is 44.8 Å². The Bertz CT molecular complexity index is 1450. The van der Waals surface area contributed by atoms with Crippen LogP contribution in [0.15, 0.2) is 36.5 Å². The Labute approximate surface area is 204 Å². The number of nitrogens with one attached hydrogen (secondary N) is 1. The number of halogens is 4. The number of aliphatic hydroxyl groups excluding tert-OH is 1. The first-order valence-electron chi connectivity index (χ1n) is 11.5. The highest BCUT2D eigenvalue weighted by molar-refractivity contribution is 6.10. The number of rotatable bonds is 7. The fourth-order valence-electron chi connectivity index (χ4n) is 4.51. The molecule has 0 bridgehead atoms. The number of aromatic nitrogens is 4. The van der Waals surface area contributed by atoms with Crippen LogP contribution in [-0.2, 0) is 13.0 Å². The lowest BCUT2D eigenvalue weighted by atomic mass is 9.91. The van der Waals surface area contributed by atoms with Crippen molar-refractivity contribution < 1.29 is 27.4 Å². The first-order chi connectivity index (χ1) is 17.0. The number of ether oxygens (including phenoxy) is 1. The number of fused-ring (bicyclic) bond motifs is 3. The van der Waals surface area contributed by atoms with Gasteiger partial charge in [-0.2, -0.15) is 13.9 Å². The van der Waals surface area contributed by atoms with Gasteiger partial charge in [0.1, 0.15) is 35.6 Å². The van der Waals surface area contributed by atoms with E-state index in [1.54, 1.807) is 43.9 Å². The van der Waals surface area contributed by atoms with Gasteiger partial charge in [-0.3, -0.25) is 4.68 Å². The molecule has 1 fully saturated rings. The number of aryl methyl sites for hydroxylation is 2. The maximum absolute atomic E-state index is 14.0. The molecule has 7 nitrogen and oxygen atoms in total. The van der Waals surface area contributed by atoms with Crippen molar-refractivity contribution in [2.24, 2.45) is 7.05 Å². The summed E-state index contributed by atoms with van der Waals surface area (Å²) in [4.78, 5) is 9.12. The normalized spacial score (nSPS) is 16.8. The number of aliphatic hydroxyl groups is 1. The summed E-state index contributed by atoms with van der Waals surface area (Å²) in [6.07, 6.45) is 0.311. The highest BCUT2D eigenvalue weighted by atomic mass is 19.3. The first-order valence-corrected chi connectivity index (χ1v) is 11.5. The van der Waals surface area contributed by atoms with Crippen molar-refractivity contribution in [2.75, 3.05) is 11.9 Å². The second kappa shape index (κ2) is 8.58. The van der Waals surface area contributed by atoms with Crippen LogP contribution >= 0.6 is 0 Å². The zero-order valence-electron chi connectivity index (χ0n) is 19.9. The summed E-state index contributed by atoms with van der Waals surface area (Å²) in [6, 6.07) is 7.10. The molecular weight excluding hydrogens is 478 g/mol. The van der Waals surface area contributed by atoms with Crippen LogP contribution in [-0.4, -0.2) is 43.5 Å². The first kappa shape index (κ1) is 24.2. The molecule has 1 aliphatic carbocycles. The minimum Gasteiger partial charge on any atom is -0.488 e. The largest absolute Gasteiger partial charge is 0.488 e. The molecule has 4 aromatic rings. The molecule has 1 saturated carbocycles. The molecule has 190 valence electrons. The number of hydrogen-bond donors (Lipinski definition) is 2. The van der Waals surface area contributed by atoms with Gasteiger partial charge in [-0.15, -0.1) is 0 Å². The number of hydrogen-bond acceptors (Lipinski definition) is 6. The van der Waals surface area contributed by atoms with Crippen molar-refractivity contribution in [1.82, 2.24) is 19.7 Å². The lowest BCUT2D eigenvalue weighted by Crippen LogP contribution is -2.43. The molecule has 11 heteroatoms. The van der Waals surface area contributed by atoms with Crippen LogP contribution < -0.4 is 10.1 Å². The van der Waals surface area contributed by atoms with Crippen LogP contribution in [0.2, 0.25) is 0 Å². The third-order valence-corrected chi connectivity index (χ3v) is 6.47. The number of benzene rings is 2. The summed E-state index contributed by atoms with van der Waals surface area (Å²) in [5, 5.41) is 17.9. The molecule has 1 unspecified atom stereocenters. The van der Waals surface area contributed by atoms with E-state index in [1.165, 1.54) is 18.2 Å². The monoisotopic (exact) mass is 503 g/mol. The highest BCUT2D eigenvalue weighted by Gasteiger charge is 2.47. The van der Waals surface area contributed by atoms with E-state index in [4.69, 9.17) is 9.84 Å². The molecule has 2 heterocycles. The van der Waals surface area contributed by atoms with Gasteiger partial charge in [0.25, 0.3) is 11.8 Å². The van der Waals surface area contributed by atoms with Gasteiger partial charge in [0.05, 0.1) is 17.1 Å². The van der Waals surface area contributed by atoms with Gasteiger partial charge in [0, 0.05) is 36.9 Å². The molecule has 0 radical (unpaired) electrons. The lowest BCUT2D eigenvalue weighted by molar-refractivity contribution is -0.134. The molecule has 2 aromatic heterocycles. The summed E-state index contributed by atoms with van der Waals surface area (Å²) >= 11 is 0. The molecule has 1 atom stereocenters. The van der Waals surface area contributed by atoms with E-state index in [-0.39, 0.29) is 18.4 Å². The standard InChI is InChI=1S/C25H25F4N5O2/c1-13(15-5-4-6-16(7-15)25(28,29)12-35)31-23-18-8-20(36-17-9-24(26,27)10-17)22-19(11-30-34(22)3)21(18)32-14(2)33-23/h4-8,11,13,17,35H,9-10,12H2,1-3H3,(H,31,32,33). The van der Waals surface area contributed by atoms with Gasteiger partial charge >= 0.3 is 0 Å². The van der Waals surface area contributed by atoms with Crippen molar-refractivity contribution >= 4 is 27.6 Å². The third-order valence-electron chi connectivity index (χ3n) is 6.47. The van der Waals surface area contributed by atoms with E-state index in [0.717, 1.165) is 0 Å². The van der Waals surface area contributed by atoms with Crippen molar-refractivity contribution in [1.29, 1.82) is 0 Å². The molecule has 2 aromatic carbocycles. The van der Waals surface area contributed by atoms with Gasteiger partial charge in [-0.05, 0) is 31.5 Å². The average Bonchev–Trinajstić information content (AvgIpc) is 3.20. The van der Waals surface area contributed by atoms with Crippen LogP contribution in [0.4, 0.5) is 23.4 Å². The zero-order valence-corrected chi connectivity index (χ0v) is 19.9. The van der Waals surface area contributed by atoms with Gasteiger partial charge in [-0.1, -0.05) is 18.2 Å². The van der Waals surface area contributed by atoms with E-state index >= 15 is 0 Å². The molecule has 2 N–H and O–H groups in total. The number of anilines is 1. The molecular formula is C25H25F4N5O2. The molecule has 1 aliphatic rings. The summed E-state index contributed by atoms with van der Waals surface area (Å²) in [6.45, 7) is 2.25. The van der Waals surface area contributed by atoms with E-state index in [1.807, 2.05) is 0 Å². The Morgan fingerprint density at radius 2 is 1.97 bits per heavy atom. The number of nitrogens with zero attached hydrogens (tertiary/aromatic N) is 4. The average molecular weight is 504 g/mol. The predicted molar refractivity (Wildman–Crippen MR) is 127 cm³/mol. The van der Waals surface area contributed by atoms with Crippen LogP contribution in [0, 0.1) is 6.92 Å². The van der Waals surface area contributed by atoms with Crippen LogP contribution in [0.25, 0.3) is 21.8 Å². The van der Waals surface area contributed by atoms with Crippen molar-refractivity contribution in [3.8, 4) is 5.75 Å². The second-order valence-electron chi connectivity index (χ2n) is 9.28. The SMILES string of the molecule is Cc1nc(NC(C)c2cccc(C(F)(F)CO)c2)c2cc(OC3CC(F)(F)C3)c3c(cnn3C)c2n1.